The summed E-state index contributed by atoms with van der Waals surface area (Å²) < 4.78 is 0. The number of fused-ring (bicyclic) bond motifs is 1. The van der Waals surface area contributed by atoms with Gasteiger partial charge in [-0.25, -0.2) is 5.01 Å². The number of carbonyl (C=O) groups excluding carboxylic acids is 1. The Balaban J connectivity index is 1.43. The number of carbonyl (C=O) groups is 1. The Bertz CT molecular complexity index is 1140. The molecule has 0 aliphatic carbocycles. The van der Waals surface area contributed by atoms with Crippen molar-refractivity contribution in [3.8, 4) is 0 Å². The lowest BCUT2D eigenvalue weighted by Crippen LogP contribution is -2.29. The highest BCUT2D eigenvalue weighted by Crippen LogP contribution is 2.33. The summed E-state index contributed by atoms with van der Waals surface area (Å²) in [5.41, 5.74) is 3.12. The highest BCUT2D eigenvalue weighted by atomic mass is 32.2. The predicted octanol–water partition coefficient (Wildman–Crippen LogP) is 4.21. The van der Waals surface area contributed by atoms with Gasteiger partial charge in [-0.05, 0) is 28.0 Å². The normalized spacial score (nSPS) is 18.3. The molecule has 2 aliphatic heterocycles. The third-order valence-corrected chi connectivity index (χ3v) is 6.35. The van der Waals surface area contributed by atoms with Gasteiger partial charge in [0.2, 0.25) is 0 Å². The van der Waals surface area contributed by atoms with Gasteiger partial charge in [0.05, 0.1) is 24.1 Å². The lowest BCUT2D eigenvalue weighted by molar-refractivity contribution is -0.130. The average molecular weight is 415 g/mol. The molecule has 0 aromatic heterocycles. The van der Waals surface area contributed by atoms with Crippen molar-refractivity contribution in [3.05, 3.63) is 83.9 Å². The summed E-state index contributed by atoms with van der Waals surface area (Å²) in [5, 5.41) is 12.9. The fraction of sp³-hybridized carbons (Fsp3) is 0.208. The molecular formula is C24H22N4OS. The van der Waals surface area contributed by atoms with E-state index in [0.29, 0.717) is 12.2 Å². The van der Waals surface area contributed by atoms with E-state index in [1.165, 1.54) is 22.5 Å². The van der Waals surface area contributed by atoms with Gasteiger partial charge in [-0.1, -0.05) is 78.5 Å². The lowest BCUT2D eigenvalue weighted by Gasteiger charge is -2.21. The maximum absolute atomic E-state index is 13.1. The number of hydrazone groups is 1. The smallest absolute Gasteiger partial charge is 0.253 e. The summed E-state index contributed by atoms with van der Waals surface area (Å²) in [6, 6.07) is 24.8. The number of nitrogens with one attached hydrogen (secondary N) is 1. The second-order valence-electron chi connectivity index (χ2n) is 7.38. The van der Waals surface area contributed by atoms with Crippen molar-refractivity contribution in [2.24, 2.45) is 10.1 Å². The van der Waals surface area contributed by atoms with Gasteiger partial charge in [0, 0.05) is 13.0 Å². The van der Waals surface area contributed by atoms with Crippen LogP contribution in [0.5, 0.6) is 0 Å². The van der Waals surface area contributed by atoms with Crippen LogP contribution in [0.2, 0.25) is 0 Å². The maximum Gasteiger partial charge on any atom is 0.253 e. The van der Waals surface area contributed by atoms with Crippen molar-refractivity contribution in [3.63, 3.8) is 0 Å². The minimum atomic E-state index is -0.0840. The molecule has 0 fully saturated rings. The molecule has 0 saturated carbocycles. The molecule has 0 saturated heterocycles. The molecule has 30 heavy (non-hydrogen) atoms. The second-order valence-corrected chi connectivity index (χ2v) is 8.34. The van der Waals surface area contributed by atoms with Crippen molar-refractivity contribution < 1.29 is 4.79 Å². The van der Waals surface area contributed by atoms with E-state index in [2.05, 4.69) is 52.8 Å². The number of hydrogen-bond acceptors (Lipinski definition) is 5. The van der Waals surface area contributed by atoms with E-state index in [-0.39, 0.29) is 11.9 Å². The van der Waals surface area contributed by atoms with E-state index < -0.39 is 0 Å². The highest BCUT2D eigenvalue weighted by molar-refractivity contribution is 8.14. The fourth-order valence-electron chi connectivity index (χ4n) is 3.89. The third kappa shape index (κ3) is 3.83. The number of amides is 1. The first-order chi connectivity index (χ1) is 14.8. The number of nitrogens with zero attached hydrogens (tertiary/aromatic N) is 3. The summed E-state index contributed by atoms with van der Waals surface area (Å²) in [5.74, 6) is 0.324. The van der Waals surface area contributed by atoms with Crippen LogP contribution in [0.15, 0.2) is 82.9 Å². The summed E-state index contributed by atoms with van der Waals surface area (Å²) in [6.45, 7) is 1.62. The molecule has 3 aromatic rings. The molecule has 5 nitrogen and oxygen atoms in total. The molecule has 5 rings (SSSR count). The fourth-order valence-corrected chi connectivity index (χ4v) is 4.67. The molecule has 1 N–H and O–H groups in total. The van der Waals surface area contributed by atoms with Crippen molar-refractivity contribution in [2.45, 2.75) is 12.5 Å². The molecule has 0 spiro atoms. The summed E-state index contributed by atoms with van der Waals surface area (Å²) in [4.78, 5) is 17.5. The van der Waals surface area contributed by atoms with E-state index in [1.807, 2.05) is 30.3 Å². The van der Waals surface area contributed by atoms with Crippen LogP contribution in [0.4, 0.5) is 0 Å². The highest BCUT2D eigenvalue weighted by Gasteiger charge is 2.33. The van der Waals surface area contributed by atoms with Crippen LogP contribution < -0.4 is 5.32 Å². The third-order valence-electron chi connectivity index (χ3n) is 5.41. The summed E-state index contributed by atoms with van der Waals surface area (Å²) in [6.07, 6.45) is 0.706. The molecule has 3 aromatic carbocycles. The summed E-state index contributed by atoms with van der Waals surface area (Å²) in [7, 11) is 0. The molecule has 6 heteroatoms. The number of thioether (sulfide) groups is 1. The first kappa shape index (κ1) is 18.9. The maximum atomic E-state index is 13.1. The Kier molecular flexibility index (Phi) is 5.24. The van der Waals surface area contributed by atoms with Crippen LogP contribution in [0.25, 0.3) is 10.8 Å². The van der Waals surface area contributed by atoms with E-state index >= 15 is 0 Å². The molecule has 1 unspecified atom stereocenters. The second kappa shape index (κ2) is 8.32. The zero-order valence-corrected chi connectivity index (χ0v) is 17.3. The van der Waals surface area contributed by atoms with Crippen LogP contribution in [0.3, 0.4) is 0 Å². The van der Waals surface area contributed by atoms with E-state index in [0.717, 1.165) is 35.1 Å². The zero-order chi connectivity index (χ0) is 20.3. The minimum Gasteiger partial charge on any atom is -0.363 e. The SMILES string of the molecule is O=C(CSC1=NCCN1)N1N=C(c2ccc3ccccc3c2)CC1c1ccccc1. The predicted molar refractivity (Wildman–Crippen MR) is 124 cm³/mol. The van der Waals surface area contributed by atoms with Gasteiger partial charge in [0.15, 0.2) is 5.17 Å². The van der Waals surface area contributed by atoms with Gasteiger partial charge >= 0.3 is 0 Å². The Morgan fingerprint density at radius 1 is 1.03 bits per heavy atom. The number of amidine groups is 1. The van der Waals surface area contributed by atoms with Crippen LogP contribution >= 0.6 is 11.8 Å². The summed E-state index contributed by atoms with van der Waals surface area (Å²) >= 11 is 1.45. The van der Waals surface area contributed by atoms with Crippen LogP contribution in [0.1, 0.15) is 23.6 Å². The number of benzene rings is 3. The van der Waals surface area contributed by atoms with Crippen molar-refractivity contribution in [2.75, 3.05) is 18.8 Å². The zero-order valence-electron chi connectivity index (χ0n) is 16.5. The first-order valence-electron chi connectivity index (χ1n) is 10.1. The minimum absolute atomic E-state index is 0.000965. The Hall–Kier alpha value is -3.12. The topological polar surface area (TPSA) is 57.1 Å². The van der Waals surface area contributed by atoms with Crippen LogP contribution in [0, 0.1) is 0 Å². The Morgan fingerprint density at radius 3 is 2.63 bits per heavy atom. The van der Waals surface area contributed by atoms with Crippen molar-refractivity contribution in [1.29, 1.82) is 0 Å². The molecule has 2 aliphatic rings. The van der Waals surface area contributed by atoms with Gasteiger partial charge < -0.3 is 5.32 Å². The van der Waals surface area contributed by atoms with E-state index in [1.54, 1.807) is 5.01 Å². The number of hydrogen-bond donors (Lipinski definition) is 1. The van der Waals surface area contributed by atoms with Gasteiger partial charge in [-0.2, -0.15) is 5.10 Å². The number of aliphatic imine (C=N–C) groups is 1. The first-order valence-corrected chi connectivity index (χ1v) is 11.1. The van der Waals surface area contributed by atoms with Gasteiger partial charge in [0.1, 0.15) is 0 Å². The van der Waals surface area contributed by atoms with Gasteiger partial charge in [-0.3, -0.25) is 9.79 Å². The molecule has 1 amide bonds. The Morgan fingerprint density at radius 2 is 1.83 bits per heavy atom. The quantitative estimate of drug-likeness (QED) is 0.696. The molecule has 0 radical (unpaired) electrons. The van der Waals surface area contributed by atoms with Gasteiger partial charge in [0.25, 0.3) is 5.91 Å². The molecule has 0 bridgehead atoms. The molecule has 2 heterocycles. The average Bonchev–Trinajstić information content (AvgIpc) is 3.48. The standard InChI is InChI=1S/C24H22N4OS/c29-23(16-30-24-25-12-13-26-24)28-22(18-7-2-1-3-8-18)15-21(27-28)20-11-10-17-6-4-5-9-19(17)14-20/h1-11,14,22H,12-13,15-16H2,(H,25,26). The van der Waals surface area contributed by atoms with Crippen LogP contribution in [-0.4, -0.2) is 40.6 Å². The molecule has 1 atom stereocenters. The van der Waals surface area contributed by atoms with Crippen LogP contribution in [-0.2, 0) is 4.79 Å². The largest absolute Gasteiger partial charge is 0.363 e. The van der Waals surface area contributed by atoms with E-state index in [9.17, 15) is 4.79 Å². The molecule has 150 valence electrons. The van der Waals surface area contributed by atoms with Crippen molar-refractivity contribution in [1.82, 2.24) is 10.3 Å². The monoisotopic (exact) mass is 414 g/mol. The molecular weight excluding hydrogens is 392 g/mol. The van der Waals surface area contributed by atoms with Crippen molar-refractivity contribution >= 4 is 39.3 Å². The van der Waals surface area contributed by atoms with E-state index in [4.69, 9.17) is 5.10 Å². The Labute approximate surface area is 179 Å². The number of rotatable bonds is 4. The lowest BCUT2D eigenvalue weighted by atomic mass is 9.97. The van der Waals surface area contributed by atoms with Gasteiger partial charge in [-0.15, -0.1) is 0 Å².